The van der Waals surface area contributed by atoms with Gasteiger partial charge in [0.25, 0.3) is 0 Å². The Morgan fingerprint density at radius 1 is 1.12 bits per heavy atom. The van der Waals surface area contributed by atoms with E-state index in [2.05, 4.69) is 11.3 Å². The fourth-order valence-corrected chi connectivity index (χ4v) is 3.63. The van der Waals surface area contributed by atoms with Gasteiger partial charge in [-0.15, -0.1) is 0 Å². The number of sulfonamides is 1. The number of rotatable bonds is 6. The third kappa shape index (κ3) is 4.12. The van der Waals surface area contributed by atoms with E-state index in [4.69, 9.17) is 11.6 Å². The molecule has 0 amide bonds. The molecule has 2 aromatic rings. The zero-order valence-corrected chi connectivity index (χ0v) is 15.0. The van der Waals surface area contributed by atoms with Crippen LogP contribution < -0.4 is 4.72 Å². The lowest BCUT2D eigenvalue weighted by atomic mass is 9.98. The second-order valence-electron chi connectivity index (χ2n) is 5.47. The summed E-state index contributed by atoms with van der Waals surface area (Å²) in [5.41, 5.74) is 1.55. The molecule has 1 unspecified atom stereocenters. The van der Waals surface area contributed by atoms with Gasteiger partial charge < -0.3 is 0 Å². The van der Waals surface area contributed by atoms with Gasteiger partial charge in [-0.25, -0.2) is 8.42 Å². The van der Waals surface area contributed by atoms with E-state index in [0.717, 1.165) is 5.56 Å². The minimum atomic E-state index is -3.84. The van der Waals surface area contributed by atoms with Crippen molar-refractivity contribution in [3.63, 3.8) is 0 Å². The summed E-state index contributed by atoms with van der Waals surface area (Å²) in [4.78, 5) is 11.9. The predicted octanol–water partition coefficient (Wildman–Crippen LogP) is 3.81. The average Bonchev–Trinajstić information content (AvgIpc) is 2.53. The van der Waals surface area contributed by atoms with Crippen molar-refractivity contribution in [2.45, 2.75) is 24.8 Å². The van der Waals surface area contributed by atoms with Crippen molar-refractivity contribution >= 4 is 27.4 Å². The van der Waals surface area contributed by atoms with Crippen LogP contribution in [0.3, 0.4) is 0 Å². The van der Waals surface area contributed by atoms with E-state index < -0.39 is 16.1 Å². The second kappa shape index (κ2) is 7.30. The molecule has 0 radical (unpaired) electrons. The van der Waals surface area contributed by atoms with E-state index in [9.17, 15) is 13.2 Å². The number of nitrogens with one attached hydrogen (secondary N) is 1. The third-order valence-electron chi connectivity index (χ3n) is 3.62. The molecule has 0 heterocycles. The summed E-state index contributed by atoms with van der Waals surface area (Å²) >= 11 is 6.18. The minimum Gasteiger partial charge on any atom is -0.295 e. The monoisotopic (exact) mass is 363 g/mol. The van der Waals surface area contributed by atoms with Crippen molar-refractivity contribution in [2.75, 3.05) is 0 Å². The summed E-state index contributed by atoms with van der Waals surface area (Å²) in [5.74, 6) is -0.313. The first-order valence-electron chi connectivity index (χ1n) is 7.25. The molecule has 4 nitrogen and oxygen atoms in total. The highest BCUT2D eigenvalue weighted by atomic mass is 35.5. The zero-order chi connectivity index (χ0) is 17.9. The predicted molar refractivity (Wildman–Crippen MR) is 95.5 cm³/mol. The number of Topliss-reactive ketones (excluding diaryl/α,β-unsaturated/α-hetero) is 1. The number of halogens is 1. The number of carbonyl (C=O) groups is 1. The molecule has 2 rings (SSSR count). The fraction of sp³-hybridized carbons (Fsp3) is 0.167. The number of hydrogen-bond donors (Lipinski definition) is 1. The average molecular weight is 364 g/mol. The summed E-state index contributed by atoms with van der Waals surface area (Å²) < 4.78 is 27.9. The Labute approximate surface area is 147 Å². The van der Waals surface area contributed by atoms with Gasteiger partial charge in [-0.3, -0.25) is 4.79 Å². The first-order valence-corrected chi connectivity index (χ1v) is 9.11. The summed E-state index contributed by atoms with van der Waals surface area (Å²) in [6.07, 6.45) is 0. The SMILES string of the molecule is C=C(C(C)=O)C(NS(=O)(=O)c1ccc(C)cc1)c1ccccc1Cl. The number of carbonyl (C=O) groups excluding carboxylic acids is 1. The molecular formula is C18H18ClNO3S. The maximum Gasteiger partial charge on any atom is 0.241 e. The molecular weight excluding hydrogens is 346 g/mol. The normalized spacial score (nSPS) is 12.6. The van der Waals surface area contributed by atoms with Crippen molar-refractivity contribution in [2.24, 2.45) is 0 Å². The van der Waals surface area contributed by atoms with Crippen molar-refractivity contribution in [1.82, 2.24) is 4.72 Å². The van der Waals surface area contributed by atoms with Crippen LogP contribution in [0.2, 0.25) is 5.02 Å². The molecule has 2 aromatic carbocycles. The molecule has 126 valence electrons. The summed E-state index contributed by atoms with van der Waals surface area (Å²) in [5, 5.41) is 0.358. The Kier molecular flexibility index (Phi) is 5.59. The molecule has 0 aromatic heterocycles. The van der Waals surface area contributed by atoms with Crippen molar-refractivity contribution in [1.29, 1.82) is 0 Å². The van der Waals surface area contributed by atoms with Crippen LogP contribution in [0.1, 0.15) is 24.1 Å². The van der Waals surface area contributed by atoms with Gasteiger partial charge in [-0.05, 0) is 37.6 Å². The van der Waals surface area contributed by atoms with Crippen LogP contribution in [0.4, 0.5) is 0 Å². The fourth-order valence-electron chi connectivity index (χ4n) is 2.18. The van der Waals surface area contributed by atoms with Crippen molar-refractivity contribution < 1.29 is 13.2 Å². The molecule has 0 bridgehead atoms. The van der Waals surface area contributed by atoms with Crippen LogP contribution in [0.5, 0.6) is 0 Å². The van der Waals surface area contributed by atoms with Gasteiger partial charge in [0.15, 0.2) is 5.78 Å². The zero-order valence-electron chi connectivity index (χ0n) is 13.4. The summed E-state index contributed by atoms with van der Waals surface area (Å²) in [7, 11) is -3.84. The van der Waals surface area contributed by atoms with Gasteiger partial charge in [0.1, 0.15) is 0 Å². The molecule has 0 aliphatic heterocycles. The number of aryl methyl sites for hydroxylation is 1. The Hall–Kier alpha value is -1.95. The van der Waals surface area contributed by atoms with Gasteiger partial charge in [-0.1, -0.05) is 54.1 Å². The Morgan fingerprint density at radius 3 is 2.25 bits per heavy atom. The van der Waals surface area contributed by atoms with Crippen LogP contribution in [0, 0.1) is 6.92 Å². The van der Waals surface area contributed by atoms with E-state index in [1.807, 2.05) is 6.92 Å². The van der Waals surface area contributed by atoms with Crippen LogP contribution in [-0.4, -0.2) is 14.2 Å². The molecule has 0 saturated carbocycles. The molecule has 1 N–H and O–H groups in total. The number of hydrogen-bond acceptors (Lipinski definition) is 3. The molecule has 1 atom stereocenters. The van der Waals surface area contributed by atoms with Gasteiger partial charge in [0, 0.05) is 10.6 Å². The standard InChI is InChI=1S/C18H18ClNO3S/c1-12-8-10-15(11-9-12)24(22,23)20-18(13(2)14(3)21)16-6-4-5-7-17(16)19/h4-11,18,20H,2H2,1,3H3. The minimum absolute atomic E-state index is 0.113. The van der Waals surface area contributed by atoms with E-state index in [0.29, 0.717) is 10.6 Å². The topological polar surface area (TPSA) is 63.2 Å². The van der Waals surface area contributed by atoms with E-state index >= 15 is 0 Å². The van der Waals surface area contributed by atoms with Gasteiger partial charge >= 0.3 is 0 Å². The summed E-state index contributed by atoms with van der Waals surface area (Å²) in [6, 6.07) is 12.3. The van der Waals surface area contributed by atoms with Crippen LogP contribution >= 0.6 is 11.6 Å². The molecule has 24 heavy (non-hydrogen) atoms. The molecule has 6 heteroatoms. The maximum absolute atomic E-state index is 12.7. The lowest BCUT2D eigenvalue weighted by Gasteiger charge is -2.21. The highest BCUT2D eigenvalue weighted by Gasteiger charge is 2.26. The van der Waals surface area contributed by atoms with E-state index in [-0.39, 0.29) is 16.3 Å². The van der Waals surface area contributed by atoms with Crippen molar-refractivity contribution in [3.05, 3.63) is 76.8 Å². The summed E-state index contributed by atoms with van der Waals surface area (Å²) in [6.45, 7) is 6.94. The number of benzene rings is 2. The molecule has 0 fully saturated rings. The smallest absolute Gasteiger partial charge is 0.241 e. The second-order valence-corrected chi connectivity index (χ2v) is 7.59. The number of ketones is 1. The van der Waals surface area contributed by atoms with Crippen LogP contribution in [-0.2, 0) is 14.8 Å². The Balaban J connectivity index is 2.45. The molecule has 0 aliphatic carbocycles. The highest BCUT2D eigenvalue weighted by Crippen LogP contribution is 2.29. The Bertz CT molecular complexity index is 873. The Morgan fingerprint density at radius 2 is 1.71 bits per heavy atom. The highest BCUT2D eigenvalue weighted by molar-refractivity contribution is 7.89. The van der Waals surface area contributed by atoms with E-state index in [1.54, 1.807) is 36.4 Å². The van der Waals surface area contributed by atoms with Crippen LogP contribution in [0.15, 0.2) is 65.6 Å². The molecule has 0 saturated heterocycles. The third-order valence-corrected chi connectivity index (χ3v) is 5.40. The quantitative estimate of drug-likeness (QED) is 0.793. The first-order chi connectivity index (χ1) is 11.2. The van der Waals surface area contributed by atoms with Crippen molar-refractivity contribution in [3.8, 4) is 0 Å². The van der Waals surface area contributed by atoms with E-state index in [1.165, 1.54) is 19.1 Å². The lowest BCUT2D eigenvalue weighted by molar-refractivity contribution is -0.113. The maximum atomic E-state index is 12.7. The van der Waals surface area contributed by atoms with Gasteiger partial charge in [-0.2, -0.15) is 4.72 Å². The first kappa shape index (κ1) is 18.4. The molecule has 0 aliphatic rings. The van der Waals surface area contributed by atoms with Gasteiger partial charge in [0.05, 0.1) is 10.9 Å². The lowest BCUT2D eigenvalue weighted by Crippen LogP contribution is -2.31. The largest absolute Gasteiger partial charge is 0.295 e. The van der Waals surface area contributed by atoms with Gasteiger partial charge in [0.2, 0.25) is 10.0 Å². The molecule has 0 spiro atoms. The van der Waals surface area contributed by atoms with Crippen LogP contribution in [0.25, 0.3) is 0 Å².